The molecule has 3 heterocycles. The van der Waals surface area contributed by atoms with Crippen LogP contribution < -0.4 is 4.90 Å². The molecule has 0 amide bonds. The molecule has 2 fully saturated rings. The molecule has 1 aliphatic carbocycles. The molecule has 1 saturated heterocycles. The first kappa shape index (κ1) is 18.2. The smallest absolute Gasteiger partial charge is 0.214 e. The molecule has 0 radical (unpaired) electrons. The molecular weight excluding hydrogens is 348 g/mol. The van der Waals surface area contributed by atoms with E-state index in [9.17, 15) is 8.42 Å². The number of nitrogens with zero attached hydrogens (tertiary/aromatic N) is 4. The van der Waals surface area contributed by atoms with Crippen molar-refractivity contribution in [3.05, 3.63) is 17.1 Å². The number of aryl methyl sites for hydroxylation is 1. The van der Waals surface area contributed by atoms with E-state index < -0.39 is 10.0 Å². The molecule has 1 aromatic heterocycles. The van der Waals surface area contributed by atoms with Gasteiger partial charge in [0, 0.05) is 30.9 Å². The minimum absolute atomic E-state index is 0.140. The number of fused-ring (bicyclic) bond motifs is 1. The van der Waals surface area contributed by atoms with Gasteiger partial charge in [0.15, 0.2) is 0 Å². The summed E-state index contributed by atoms with van der Waals surface area (Å²) in [6, 6.07) is -0.206. The summed E-state index contributed by atoms with van der Waals surface area (Å²) in [4.78, 5) is 12.2. The maximum Gasteiger partial charge on any atom is 0.214 e. The molecule has 0 unspecified atom stereocenters. The van der Waals surface area contributed by atoms with Gasteiger partial charge >= 0.3 is 0 Å². The zero-order valence-corrected chi connectivity index (χ0v) is 16.8. The van der Waals surface area contributed by atoms with Gasteiger partial charge in [0.1, 0.15) is 11.6 Å². The van der Waals surface area contributed by atoms with Gasteiger partial charge in [-0.2, -0.15) is 4.31 Å². The molecule has 0 spiro atoms. The zero-order chi connectivity index (χ0) is 18.3. The minimum atomic E-state index is -3.24. The van der Waals surface area contributed by atoms with Crippen molar-refractivity contribution in [3.8, 4) is 0 Å². The SMILES string of the molecule is CCS(=O)(=O)N1CCCC[C@@H]1c1nc(C)c2c(n1)N(CC1CC1)CCC2. The van der Waals surface area contributed by atoms with E-state index in [2.05, 4.69) is 11.8 Å². The summed E-state index contributed by atoms with van der Waals surface area (Å²) in [5, 5.41) is 0. The van der Waals surface area contributed by atoms with Crippen molar-refractivity contribution in [3.63, 3.8) is 0 Å². The topological polar surface area (TPSA) is 66.4 Å². The maximum absolute atomic E-state index is 12.6. The van der Waals surface area contributed by atoms with Gasteiger partial charge in [-0.05, 0) is 58.3 Å². The second kappa shape index (κ2) is 7.08. The van der Waals surface area contributed by atoms with Gasteiger partial charge < -0.3 is 4.90 Å². The van der Waals surface area contributed by atoms with E-state index >= 15 is 0 Å². The van der Waals surface area contributed by atoms with Crippen LogP contribution in [0.4, 0.5) is 5.82 Å². The largest absolute Gasteiger partial charge is 0.356 e. The summed E-state index contributed by atoms with van der Waals surface area (Å²) >= 11 is 0. The molecular formula is C19H30N4O2S. The van der Waals surface area contributed by atoms with Crippen LogP contribution in [0.2, 0.25) is 0 Å². The zero-order valence-electron chi connectivity index (χ0n) is 15.9. The maximum atomic E-state index is 12.6. The summed E-state index contributed by atoms with van der Waals surface area (Å²) in [6.45, 7) is 6.52. The molecule has 1 saturated carbocycles. The Balaban J connectivity index is 1.70. The number of sulfonamides is 1. The number of piperidine rings is 1. The Morgan fingerprint density at radius 3 is 2.62 bits per heavy atom. The number of rotatable bonds is 5. The molecule has 0 aromatic carbocycles. The molecule has 144 valence electrons. The summed E-state index contributed by atoms with van der Waals surface area (Å²) in [5.74, 6) is 2.73. The summed E-state index contributed by atoms with van der Waals surface area (Å²) in [5.41, 5.74) is 2.30. The second-order valence-corrected chi connectivity index (χ2v) is 10.2. The van der Waals surface area contributed by atoms with Crippen molar-refractivity contribution in [2.45, 2.75) is 64.8 Å². The van der Waals surface area contributed by atoms with Gasteiger partial charge in [-0.1, -0.05) is 6.42 Å². The summed E-state index contributed by atoms with van der Waals surface area (Å²) in [6.07, 6.45) is 7.62. The van der Waals surface area contributed by atoms with Crippen molar-refractivity contribution in [2.75, 3.05) is 30.3 Å². The molecule has 0 bridgehead atoms. The van der Waals surface area contributed by atoms with Crippen LogP contribution in [0.25, 0.3) is 0 Å². The third-order valence-electron chi connectivity index (χ3n) is 6.01. The van der Waals surface area contributed by atoms with Gasteiger partial charge in [0.2, 0.25) is 10.0 Å². The van der Waals surface area contributed by atoms with Gasteiger partial charge in [-0.3, -0.25) is 0 Å². The fraction of sp³-hybridized carbons (Fsp3) is 0.789. The number of aromatic nitrogens is 2. The van der Waals surface area contributed by atoms with Crippen LogP contribution in [-0.4, -0.2) is 48.1 Å². The lowest BCUT2D eigenvalue weighted by Gasteiger charge is -2.36. The Bertz CT molecular complexity index is 776. The minimum Gasteiger partial charge on any atom is -0.356 e. The molecule has 0 N–H and O–H groups in total. The first-order valence-corrected chi connectivity index (χ1v) is 11.7. The molecule has 26 heavy (non-hydrogen) atoms. The van der Waals surface area contributed by atoms with E-state index in [0.29, 0.717) is 12.4 Å². The predicted molar refractivity (Wildman–Crippen MR) is 103 cm³/mol. The molecule has 7 heteroatoms. The molecule has 1 atom stereocenters. The van der Waals surface area contributed by atoms with Gasteiger partial charge in [-0.25, -0.2) is 18.4 Å². The van der Waals surface area contributed by atoms with Crippen LogP contribution in [0.15, 0.2) is 0 Å². The van der Waals surface area contributed by atoms with E-state index in [4.69, 9.17) is 9.97 Å². The lowest BCUT2D eigenvalue weighted by molar-refractivity contribution is 0.246. The van der Waals surface area contributed by atoms with E-state index in [1.165, 1.54) is 18.4 Å². The Kier molecular flexibility index (Phi) is 4.94. The van der Waals surface area contributed by atoms with Crippen LogP contribution in [0, 0.1) is 12.8 Å². The van der Waals surface area contributed by atoms with E-state index in [1.807, 2.05) is 0 Å². The number of hydrogen-bond donors (Lipinski definition) is 0. The van der Waals surface area contributed by atoms with Crippen molar-refractivity contribution >= 4 is 15.8 Å². The molecule has 4 rings (SSSR count). The van der Waals surface area contributed by atoms with Crippen molar-refractivity contribution in [2.24, 2.45) is 5.92 Å². The molecule has 3 aliphatic rings. The Morgan fingerprint density at radius 1 is 1.08 bits per heavy atom. The lowest BCUT2D eigenvalue weighted by Crippen LogP contribution is -2.41. The molecule has 2 aliphatic heterocycles. The first-order valence-electron chi connectivity index (χ1n) is 10.1. The van der Waals surface area contributed by atoms with Crippen LogP contribution in [-0.2, 0) is 16.4 Å². The average molecular weight is 379 g/mol. The number of hydrogen-bond acceptors (Lipinski definition) is 5. The normalized spacial score (nSPS) is 24.5. The molecule has 1 aromatic rings. The Morgan fingerprint density at radius 2 is 1.88 bits per heavy atom. The van der Waals surface area contributed by atoms with E-state index in [1.54, 1.807) is 11.2 Å². The van der Waals surface area contributed by atoms with Gasteiger partial charge in [0.25, 0.3) is 0 Å². The highest BCUT2D eigenvalue weighted by Crippen LogP contribution is 2.37. The summed E-state index contributed by atoms with van der Waals surface area (Å²) in [7, 11) is -3.24. The van der Waals surface area contributed by atoms with Crippen LogP contribution in [0.5, 0.6) is 0 Å². The van der Waals surface area contributed by atoms with Crippen molar-refractivity contribution in [1.29, 1.82) is 0 Å². The van der Waals surface area contributed by atoms with E-state index in [-0.39, 0.29) is 11.8 Å². The highest BCUT2D eigenvalue weighted by atomic mass is 32.2. The Labute approximate surface area is 157 Å². The fourth-order valence-electron chi connectivity index (χ4n) is 4.31. The monoisotopic (exact) mass is 378 g/mol. The van der Waals surface area contributed by atoms with E-state index in [0.717, 1.165) is 62.6 Å². The van der Waals surface area contributed by atoms with Gasteiger partial charge in [0.05, 0.1) is 11.8 Å². The standard InChI is InChI=1S/C19H30N4O2S/c1-3-26(24,25)23-12-5-4-8-17(23)18-20-14(2)16-7-6-11-22(19(16)21-18)13-15-9-10-15/h15,17H,3-13H2,1-2H3/t17-/m1/s1. The van der Waals surface area contributed by atoms with Gasteiger partial charge in [-0.15, -0.1) is 0 Å². The highest BCUT2D eigenvalue weighted by molar-refractivity contribution is 7.89. The van der Waals surface area contributed by atoms with Crippen LogP contribution in [0.1, 0.15) is 68.6 Å². The number of anilines is 1. The first-order chi connectivity index (χ1) is 12.5. The fourth-order valence-corrected chi connectivity index (χ4v) is 5.64. The second-order valence-electron chi connectivity index (χ2n) is 7.99. The predicted octanol–water partition coefficient (Wildman–Crippen LogP) is 2.82. The molecule has 6 nitrogen and oxygen atoms in total. The third-order valence-corrected chi connectivity index (χ3v) is 7.89. The highest BCUT2D eigenvalue weighted by Gasteiger charge is 2.36. The van der Waals surface area contributed by atoms with Crippen molar-refractivity contribution < 1.29 is 8.42 Å². The lowest BCUT2D eigenvalue weighted by atomic mass is 10.0. The quantitative estimate of drug-likeness (QED) is 0.788. The van der Waals surface area contributed by atoms with Crippen LogP contribution in [0.3, 0.4) is 0 Å². The van der Waals surface area contributed by atoms with Crippen LogP contribution >= 0.6 is 0 Å². The Hall–Kier alpha value is -1.21. The summed E-state index contributed by atoms with van der Waals surface area (Å²) < 4.78 is 26.8. The van der Waals surface area contributed by atoms with Crippen molar-refractivity contribution in [1.82, 2.24) is 14.3 Å². The third kappa shape index (κ3) is 3.48. The average Bonchev–Trinajstić information content (AvgIpc) is 3.46.